The van der Waals surface area contributed by atoms with Crippen LogP contribution in [0.15, 0.2) is 60.7 Å². The first-order valence-corrected chi connectivity index (χ1v) is 11.0. The summed E-state index contributed by atoms with van der Waals surface area (Å²) in [5.41, 5.74) is 0.975. The second-order valence-electron chi connectivity index (χ2n) is 8.60. The zero-order valence-corrected chi connectivity index (χ0v) is 18.1. The molecule has 0 aromatic heterocycles. The number of benzene rings is 2. The van der Waals surface area contributed by atoms with Crippen molar-refractivity contribution in [1.29, 1.82) is 0 Å². The minimum absolute atomic E-state index is 0.0769. The standard InChI is InChI=1S/C25H21ClN2O4/c1-13(28-24(31)20-15-7-8-16(11-15)21(20)25(28)32)23(30)27-19-10-9-17(26)12-18(19)22(29)14-5-3-2-4-6-14/h2-10,12-13,15-16,20-21H,11H2,1H3,(H,27,30)/t13-,15-,16-,20-,21+/m0/s1. The van der Waals surface area contributed by atoms with Crippen LogP contribution < -0.4 is 5.32 Å². The molecular formula is C25H21ClN2O4. The van der Waals surface area contributed by atoms with Crippen LogP contribution in [0.1, 0.15) is 29.3 Å². The van der Waals surface area contributed by atoms with E-state index in [4.69, 9.17) is 11.6 Å². The molecule has 2 bridgehead atoms. The lowest BCUT2D eigenvalue weighted by atomic mass is 9.85. The van der Waals surface area contributed by atoms with Crippen molar-refractivity contribution in [3.63, 3.8) is 0 Å². The predicted octanol–water partition coefficient (Wildman–Crippen LogP) is 3.71. The van der Waals surface area contributed by atoms with Gasteiger partial charge in [-0.3, -0.25) is 24.1 Å². The van der Waals surface area contributed by atoms with Gasteiger partial charge in [0.15, 0.2) is 5.78 Å². The van der Waals surface area contributed by atoms with E-state index in [0.29, 0.717) is 10.6 Å². The third-order valence-corrected chi connectivity index (χ3v) is 7.03. The van der Waals surface area contributed by atoms with E-state index >= 15 is 0 Å². The number of likely N-dealkylation sites (tertiary alicyclic amines) is 1. The fraction of sp³-hybridized carbons (Fsp3) is 0.280. The highest BCUT2D eigenvalue weighted by molar-refractivity contribution is 6.31. The Bertz CT molecular complexity index is 1150. The molecule has 1 saturated heterocycles. The number of fused-ring (bicyclic) bond motifs is 5. The molecule has 3 amide bonds. The molecule has 5 rings (SSSR count). The number of nitrogens with one attached hydrogen (secondary N) is 1. The Hall–Kier alpha value is -3.25. The average molecular weight is 449 g/mol. The number of carbonyl (C=O) groups is 4. The van der Waals surface area contributed by atoms with Crippen molar-refractivity contribution >= 4 is 40.8 Å². The number of imide groups is 1. The highest BCUT2D eigenvalue weighted by Crippen LogP contribution is 2.52. The van der Waals surface area contributed by atoms with Crippen LogP contribution in [0.25, 0.3) is 0 Å². The highest BCUT2D eigenvalue weighted by atomic mass is 35.5. The molecule has 5 atom stereocenters. The van der Waals surface area contributed by atoms with Crippen LogP contribution in [0.2, 0.25) is 5.02 Å². The topological polar surface area (TPSA) is 83.6 Å². The molecule has 2 aromatic carbocycles. The molecule has 1 N–H and O–H groups in total. The third-order valence-electron chi connectivity index (χ3n) is 6.79. The number of nitrogens with zero attached hydrogens (tertiary/aromatic N) is 1. The zero-order chi connectivity index (χ0) is 22.6. The lowest BCUT2D eigenvalue weighted by Gasteiger charge is -2.24. The van der Waals surface area contributed by atoms with E-state index in [1.54, 1.807) is 42.5 Å². The molecule has 3 aliphatic rings. The molecule has 0 spiro atoms. The van der Waals surface area contributed by atoms with Crippen LogP contribution in [-0.4, -0.2) is 34.4 Å². The van der Waals surface area contributed by atoms with E-state index < -0.39 is 11.9 Å². The summed E-state index contributed by atoms with van der Waals surface area (Å²) in [7, 11) is 0. The number of allylic oxidation sites excluding steroid dienone is 2. The van der Waals surface area contributed by atoms with Gasteiger partial charge in [0, 0.05) is 16.1 Å². The van der Waals surface area contributed by atoms with Crippen LogP contribution in [0.3, 0.4) is 0 Å². The van der Waals surface area contributed by atoms with E-state index in [9.17, 15) is 19.2 Å². The van der Waals surface area contributed by atoms with Crippen molar-refractivity contribution in [2.45, 2.75) is 19.4 Å². The zero-order valence-electron chi connectivity index (χ0n) is 17.3. The van der Waals surface area contributed by atoms with Gasteiger partial charge in [0.1, 0.15) is 6.04 Å². The maximum Gasteiger partial charge on any atom is 0.247 e. The monoisotopic (exact) mass is 448 g/mol. The number of ketones is 1. The van der Waals surface area contributed by atoms with Crippen LogP contribution >= 0.6 is 11.6 Å². The van der Waals surface area contributed by atoms with Gasteiger partial charge in [-0.2, -0.15) is 0 Å². The van der Waals surface area contributed by atoms with Crippen molar-refractivity contribution in [2.75, 3.05) is 5.32 Å². The SMILES string of the molecule is C[C@@H](C(=O)Nc1ccc(Cl)cc1C(=O)c1ccccc1)N1C(=O)[C@@H]2[C@H](C1=O)[C@H]1C=C[C@H]2C1. The summed E-state index contributed by atoms with van der Waals surface area (Å²) < 4.78 is 0. The summed E-state index contributed by atoms with van der Waals surface area (Å²) in [5, 5.41) is 3.09. The van der Waals surface area contributed by atoms with Crippen LogP contribution in [0, 0.1) is 23.7 Å². The number of hydrogen-bond donors (Lipinski definition) is 1. The molecule has 1 aliphatic heterocycles. The Morgan fingerprint density at radius 3 is 2.25 bits per heavy atom. The first-order valence-electron chi connectivity index (χ1n) is 10.6. The molecule has 1 saturated carbocycles. The van der Waals surface area contributed by atoms with Gasteiger partial charge >= 0.3 is 0 Å². The summed E-state index contributed by atoms with van der Waals surface area (Å²) in [6.45, 7) is 1.54. The van der Waals surface area contributed by atoms with E-state index in [0.717, 1.165) is 11.3 Å². The first-order chi connectivity index (χ1) is 15.4. The van der Waals surface area contributed by atoms with E-state index in [-0.39, 0.29) is 52.5 Å². The molecular weight excluding hydrogens is 428 g/mol. The highest BCUT2D eigenvalue weighted by Gasteiger charge is 2.60. The molecule has 1 heterocycles. The Morgan fingerprint density at radius 1 is 1.00 bits per heavy atom. The average Bonchev–Trinajstić information content (AvgIpc) is 3.48. The van der Waals surface area contributed by atoms with Crippen molar-refractivity contribution < 1.29 is 19.2 Å². The Balaban J connectivity index is 1.38. The molecule has 2 aromatic rings. The smallest absolute Gasteiger partial charge is 0.247 e. The molecule has 0 unspecified atom stereocenters. The summed E-state index contributed by atoms with van der Waals surface area (Å²) in [6.07, 6.45) is 4.86. The summed E-state index contributed by atoms with van der Waals surface area (Å²) in [6, 6.07) is 12.3. The van der Waals surface area contributed by atoms with Crippen molar-refractivity contribution in [3.8, 4) is 0 Å². The van der Waals surface area contributed by atoms with E-state index in [1.165, 1.54) is 13.0 Å². The van der Waals surface area contributed by atoms with Gasteiger partial charge in [0.2, 0.25) is 17.7 Å². The lowest BCUT2D eigenvalue weighted by molar-refractivity contribution is -0.146. The Kier molecular flexibility index (Phi) is 4.97. The number of carbonyl (C=O) groups excluding carboxylic acids is 4. The minimum atomic E-state index is -0.990. The summed E-state index contributed by atoms with van der Waals surface area (Å²) >= 11 is 6.11. The van der Waals surface area contributed by atoms with Gasteiger partial charge in [-0.05, 0) is 43.4 Å². The molecule has 6 nitrogen and oxygen atoms in total. The van der Waals surface area contributed by atoms with Gasteiger partial charge in [-0.1, -0.05) is 54.1 Å². The lowest BCUT2D eigenvalue weighted by Crippen LogP contribution is -2.46. The molecule has 2 fully saturated rings. The number of halogens is 1. The molecule has 162 valence electrons. The fourth-order valence-electron chi connectivity index (χ4n) is 5.22. The van der Waals surface area contributed by atoms with Gasteiger partial charge in [0.05, 0.1) is 17.5 Å². The normalized spacial score (nSPS) is 26.4. The van der Waals surface area contributed by atoms with Crippen molar-refractivity contribution in [2.24, 2.45) is 23.7 Å². The van der Waals surface area contributed by atoms with Crippen LogP contribution in [0.4, 0.5) is 5.69 Å². The van der Waals surface area contributed by atoms with Gasteiger partial charge < -0.3 is 5.32 Å². The van der Waals surface area contributed by atoms with E-state index in [1.807, 2.05) is 12.2 Å². The molecule has 32 heavy (non-hydrogen) atoms. The maximum atomic E-state index is 13.1. The van der Waals surface area contributed by atoms with Crippen molar-refractivity contribution in [1.82, 2.24) is 4.90 Å². The number of amides is 3. The Morgan fingerprint density at radius 2 is 1.62 bits per heavy atom. The third kappa shape index (κ3) is 3.17. The predicted molar refractivity (Wildman–Crippen MR) is 119 cm³/mol. The van der Waals surface area contributed by atoms with Crippen molar-refractivity contribution in [3.05, 3.63) is 76.8 Å². The van der Waals surface area contributed by atoms with E-state index in [2.05, 4.69) is 5.32 Å². The number of hydrogen-bond acceptors (Lipinski definition) is 4. The van der Waals surface area contributed by atoms with Crippen LogP contribution in [-0.2, 0) is 14.4 Å². The van der Waals surface area contributed by atoms with Gasteiger partial charge in [-0.25, -0.2) is 0 Å². The first kappa shape index (κ1) is 20.6. The molecule has 7 heteroatoms. The molecule has 2 aliphatic carbocycles. The fourth-order valence-corrected chi connectivity index (χ4v) is 5.39. The second-order valence-corrected chi connectivity index (χ2v) is 9.03. The molecule has 0 radical (unpaired) electrons. The minimum Gasteiger partial charge on any atom is -0.324 e. The number of rotatable bonds is 5. The largest absolute Gasteiger partial charge is 0.324 e. The number of anilines is 1. The summed E-state index contributed by atoms with van der Waals surface area (Å²) in [4.78, 5) is 53.2. The Labute approximate surface area is 190 Å². The van der Waals surface area contributed by atoms with Gasteiger partial charge in [-0.15, -0.1) is 0 Å². The second kappa shape index (κ2) is 7.71. The van der Waals surface area contributed by atoms with Gasteiger partial charge in [0.25, 0.3) is 0 Å². The maximum absolute atomic E-state index is 13.1. The quantitative estimate of drug-likeness (QED) is 0.429. The summed E-state index contributed by atoms with van der Waals surface area (Å²) in [5.74, 6) is -1.96. The van der Waals surface area contributed by atoms with Crippen LogP contribution in [0.5, 0.6) is 0 Å².